The minimum Gasteiger partial charge on any atom is -0.477 e. The van der Waals surface area contributed by atoms with Crippen molar-refractivity contribution in [1.82, 2.24) is 4.57 Å². The van der Waals surface area contributed by atoms with Crippen LogP contribution in [0.4, 0.5) is 0 Å². The maximum atomic E-state index is 11.1. The summed E-state index contributed by atoms with van der Waals surface area (Å²) < 4.78 is 3.48. The molecular formula is C11H7BrINO2. The number of hydrogen-bond donors (Lipinski definition) is 1. The number of halogens is 2. The molecule has 82 valence electrons. The number of carbonyl (C=O) groups is 1. The molecule has 0 radical (unpaired) electrons. The third kappa shape index (κ3) is 2.30. The van der Waals surface area contributed by atoms with Gasteiger partial charge in [-0.25, -0.2) is 4.79 Å². The van der Waals surface area contributed by atoms with Crippen LogP contribution < -0.4 is 0 Å². The molecular weight excluding hydrogens is 385 g/mol. The lowest BCUT2D eigenvalue weighted by atomic mass is 10.3. The van der Waals surface area contributed by atoms with Crippen molar-refractivity contribution in [2.45, 2.75) is 0 Å². The lowest BCUT2D eigenvalue weighted by Gasteiger charge is -2.06. The number of carboxylic acid groups (broad SMARTS) is 1. The van der Waals surface area contributed by atoms with Crippen LogP contribution in [0.25, 0.3) is 5.69 Å². The van der Waals surface area contributed by atoms with Crippen molar-refractivity contribution in [1.29, 1.82) is 0 Å². The molecule has 0 fully saturated rings. The van der Waals surface area contributed by atoms with E-state index >= 15 is 0 Å². The molecule has 0 atom stereocenters. The minimum absolute atomic E-state index is 0.266. The van der Waals surface area contributed by atoms with E-state index in [0.717, 1.165) is 13.7 Å². The molecule has 2 aromatic rings. The zero-order valence-corrected chi connectivity index (χ0v) is 11.8. The molecule has 0 amide bonds. The van der Waals surface area contributed by atoms with E-state index in [9.17, 15) is 4.79 Å². The monoisotopic (exact) mass is 391 g/mol. The highest BCUT2D eigenvalue weighted by Crippen LogP contribution is 2.20. The van der Waals surface area contributed by atoms with Crippen LogP contribution in [0, 0.1) is 3.57 Å². The fourth-order valence-electron chi connectivity index (χ4n) is 1.43. The van der Waals surface area contributed by atoms with Crippen molar-refractivity contribution in [3.63, 3.8) is 0 Å². The summed E-state index contributed by atoms with van der Waals surface area (Å²) >= 11 is 5.46. The minimum atomic E-state index is -0.928. The van der Waals surface area contributed by atoms with Crippen LogP contribution in [-0.4, -0.2) is 15.6 Å². The van der Waals surface area contributed by atoms with Gasteiger partial charge in [-0.05, 0) is 46.9 Å². The Bertz CT molecular complexity index is 551. The van der Waals surface area contributed by atoms with Gasteiger partial charge in [0.1, 0.15) is 5.69 Å². The van der Waals surface area contributed by atoms with Gasteiger partial charge in [0.15, 0.2) is 0 Å². The van der Waals surface area contributed by atoms with E-state index in [2.05, 4.69) is 38.5 Å². The molecule has 0 aliphatic rings. The van der Waals surface area contributed by atoms with Crippen LogP contribution in [0.3, 0.4) is 0 Å². The molecule has 5 heteroatoms. The van der Waals surface area contributed by atoms with Crippen LogP contribution in [-0.2, 0) is 0 Å². The van der Waals surface area contributed by atoms with Gasteiger partial charge in [0.2, 0.25) is 0 Å². The molecule has 2 rings (SSSR count). The largest absolute Gasteiger partial charge is 0.477 e. The van der Waals surface area contributed by atoms with Crippen molar-refractivity contribution in [2.24, 2.45) is 0 Å². The summed E-state index contributed by atoms with van der Waals surface area (Å²) in [6.45, 7) is 0. The summed E-state index contributed by atoms with van der Waals surface area (Å²) in [4.78, 5) is 11.1. The van der Waals surface area contributed by atoms with E-state index in [1.54, 1.807) is 16.8 Å². The molecule has 3 nitrogen and oxygen atoms in total. The normalized spacial score (nSPS) is 10.4. The number of benzene rings is 1. The Morgan fingerprint density at radius 3 is 2.75 bits per heavy atom. The fraction of sp³-hybridized carbons (Fsp3) is 0. The van der Waals surface area contributed by atoms with E-state index in [0.29, 0.717) is 0 Å². The average Bonchev–Trinajstić information content (AvgIpc) is 2.60. The maximum absolute atomic E-state index is 11.1. The third-order valence-electron chi connectivity index (χ3n) is 2.09. The summed E-state index contributed by atoms with van der Waals surface area (Å²) in [5.74, 6) is -0.928. The predicted molar refractivity (Wildman–Crippen MR) is 73.1 cm³/mol. The van der Waals surface area contributed by atoms with Crippen LogP contribution in [0.2, 0.25) is 0 Å². The molecule has 1 aromatic carbocycles. The number of hydrogen-bond acceptors (Lipinski definition) is 1. The van der Waals surface area contributed by atoms with Crippen molar-refractivity contribution in [3.8, 4) is 5.69 Å². The summed E-state index contributed by atoms with van der Waals surface area (Å²) in [5, 5.41) is 9.07. The van der Waals surface area contributed by atoms with Gasteiger partial charge in [-0.3, -0.25) is 0 Å². The first-order valence-electron chi connectivity index (χ1n) is 4.45. The molecule has 0 aliphatic carbocycles. The SMILES string of the molecule is O=C(O)c1cc(I)cn1-c1cccc(Br)c1. The van der Waals surface area contributed by atoms with Gasteiger partial charge < -0.3 is 9.67 Å². The van der Waals surface area contributed by atoms with Crippen molar-refractivity contribution >= 4 is 44.5 Å². The fourth-order valence-corrected chi connectivity index (χ4v) is 2.40. The highest BCUT2D eigenvalue weighted by molar-refractivity contribution is 14.1. The van der Waals surface area contributed by atoms with Gasteiger partial charge in [-0.15, -0.1) is 0 Å². The third-order valence-corrected chi connectivity index (χ3v) is 3.18. The molecule has 16 heavy (non-hydrogen) atoms. The van der Waals surface area contributed by atoms with Crippen LogP contribution in [0.15, 0.2) is 41.0 Å². The summed E-state index contributed by atoms with van der Waals surface area (Å²) in [6.07, 6.45) is 1.80. The van der Waals surface area contributed by atoms with Gasteiger partial charge in [0.05, 0.1) is 0 Å². The molecule has 0 bridgehead atoms. The van der Waals surface area contributed by atoms with Crippen LogP contribution in [0.1, 0.15) is 10.5 Å². The summed E-state index contributed by atoms with van der Waals surface area (Å²) in [5.41, 5.74) is 1.09. The molecule has 1 N–H and O–H groups in total. The Labute approximate surface area is 114 Å². The second-order valence-corrected chi connectivity index (χ2v) is 5.36. The standard InChI is InChI=1S/C11H7BrINO2/c12-7-2-1-3-9(4-7)14-6-8(13)5-10(14)11(15)16/h1-6H,(H,15,16). The highest BCUT2D eigenvalue weighted by Gasteiger charge is 2.12. The Morgan fingerprint density at radius 2 is 2.12 bits per heavy atom. The Hall–Kier alpha value is -0.820. The van der Waals surface area contributed by atoms with Crippen LogP contribution in [0.5, 0.6) is 0 Å². The first-order valence-corrected chi connectivity index (χ1v) is 6.32. The topological polar surface area (TPSA) is 42.2 Å². The second kappa shape index (κ2) is 4.58. The number of rotatable bonds is 2. The molecule has 0 saturated carbocycles. The lowest BCUT2D eigenvalue weighted by Crippen LogP contribution is -2.05. The zero-order chi connectivity index (χ0) is 11.7. The first-order chi connectivity index (χ1) is 7.58. The Kier molecular flexibility index (Phi) is 3.34. The lowest BCUT2D eigenvalue weighted by molar-refractivity contribution is 0.0688. The van der Waals surface area contributed by atoms with E-state index in [-0.39, 0.29) is 5.69 Å². The van der Waals surface area contributed by atoms with Crippen molar-refractivity contribution in [2.75, 3.05) is 0 Å². The smallest absolute Gasteiger partial charge is 0.352 e. The molecule has 0 unspecified atom stereocenters. The van der Waals surface area contributed by atoms with Gasteiger partial charge in [0.25, 0.3) is 0 Å². The quantitative estimate of drug-likeness (QED) is 0.795. The zero-order valence-electron chi connectivity index (χ0n) is 8.02. The van der Waals surface area contributed by atoms with E-state index in [1.807, 2.05) is 24.3 Å². The summed E-state index contributed by atoms with van der Waals surface area (Å²) in [6, 6.07) is 9.16. The summed E-state index contributed by atoms with van der Waals surface area (Å²) in [7, 11) is 0. The van der Waals surface area contributed by atoms with E-state index in [4.69, 9.17) is 5.11 Å². The number of aromatic nitrogens is 1. The van der Waals surface area contributed by atoms with E-state index in [1.165, 1.54) is 0 Å². The maximum Gasteiger partial charge on any atom is 0.352 e. The van der Waals surface area contributed by atoms with Gasteiger partial charge >= 0.3 is 5.97 Å². The van der Waals surface area contributed by atoms with Gasteiger partial charge in [0, 0.05) is 19.9 Å². The Balaban J connectivity index is 2.59. The predicted octanol–water partition coefficient (Wildman–Crippen LogP) is 3.54. The van der Waals surface area contributed by atoms with Crippen LogP contribution >= 0.6 is 38.5 Å². The second-order valence-electron chi connectivity index (χ2n) is 3.20. The van der Waals surface area contributed by atoms with E-state index < -0.39 is 5.97 Å². The molecule has 0 saturated heterocycles. The van der Waals surface area contributed by atoms with Crippen molar-refractivity contribution in [3.05, 3.63) is 50.3 Å². The highest BCUT2D eigenvalue weighted by atomic mass is 127. The van der Waals surface area contributed by atoms with Crippen molar-refractivity contribution < 1.29 is 9.90 Å². The Morgan fingerprint density at radius 1 is 1.38 bits per heavy atom. The molecule has 1 heterocycles. The number of aromatic carboxylic acids is 1. The molecule has 0 aliphatic heterocycles. The van der Waals surface area contributed by atoms with Gasteiger partial charge in [-0.1, -0.05) is 22.0 Å². The average molecular weight is 392 g/mol. The van der Waals surface area contributed by atoms with Gasteiger partial charge in [-0.2, -0.15) is 0 Å². The first kappa shape index (κ1) is 11.7. The molecule has 1 aromatic heterocycles. The molecule has 0 spiro atoms. The number of carboxylic acids is 1. The number of nitrogens with zero attached hydrogens (tertiary/aromatic N) is 1.